The Balaban J connectivity index is 1.68. The second kappa shape index (κ2) is 8.40. The van der Waals surface area contributed by atoms with Gasteiger partial charge in [0.1, 0.15) is 6.54 Å². The molecule has 0 saturated carbocycles. The van der Waals surface area contributed by atoms with E-state index in [1.165, 1.54) is 24.9 Å². The van der Waals surface area contributed by atoms with Gasteiger partial charge in [0.15, 0.2) is 0 Å². The maximum Gasteiger partial charge on any atom is 0.326 e. The van der Waals surface area contributed by atoms with E-state index < -0.39 is 17.1 Å². The average Bonchev–Trinajstić information content (AvgIpc) is 2.91. The number of hydrogen-bond acceptors (Lipinski definition) is 6. The van der Waals surface area contributed by atoms with E-state index in [2.05, 4.69) is 4.90 Å². The van der Waals surface area contributed by atoms with Gasteiger partial charge in [0.2, 0.25) is 0 Å². The summed E-state index contributed by atoms with van der Waals surface area (Å²) < 4.78 is 4.81. The first-order chi connectivity index (χ1) is 12.6. The van der Waals surface area contributed by atoms with Crippen molar-refractivity contribution < 1.29 is 19.1 Å². The second-order valence-electron chi connectivity index (χ2n) is 6.21. The van der Waals surface area contributed by atoms with E-state index in [9.17, 15) is 14.4 Å². The van der Waals surface area contributed by atoms with Crippen LogP contribution < -0.4 is 4.90 Å². The molecular formula is C19H22N2O4S. The highest BCUT2D eigenvalue weighted by Crippen LogP contribution is 2.32. The Bertz CT molecular complexity index is 724. The number of nitrogens with zero attached hydrogens (tertiary/aromatic N) is 2. The van der Waals surface area contributed by atoms with Crippen LogP contribution >= 0.6 is 11.8 Å². The molecule has 3 rings (SSSR count). The first kappa shape index (κ1) is 18.5. The summed E-state index contributed by atoms with van der Waals surface area (Å²) in [6.07, 6.45) is 5.41. The van der Waals surface area contributed by atoms with Gasteiger partial charge in [-0.3, -0.25) is 19.3 Å². The molecule has 0 aliphatic carbocycles. The first-order valence-corrected chi connectivity index (χ1v) is 9.66. The third-order valence-electron chi connectivity index (χ3n) is 4.38. The lowest BCUT2D eigenvalue weighted by Crippen LogP contribution is -2.34. The number of imide groups is 1. The van der Waals surface area contributed by atoms with Crippen molar-refractivity contribution in [2.45, 2.75) is 26.2 Å². The zero-order valence-electron chi connectivity index (χ0n) is 14.8. The second-order valence-corrected chi connectivity index (χ2v) is 7.21. The summed E-state index contributed by atoms with van der Waals surface area (Å²) in [5.41, 5.74) is 2.03. The van der Waals surface area contributed by atoms with Gasteiger partial charge in [0.05, 0.1) is 11.5 Å². The maximum absolute atomic E-state index is 12.4. The van der Waals surface area contributed by atoms with E-state index in [1.54, 1.807) is 13.0 Å². The van der Waals surface area contributed by atoms with Gasteiger partial charge in [0.25, 0.3) is 11.1 Å². The molecule has 2 amide bonds. The number of benzene rings is 1. The van der Waals surface area contributed by atoms with Gasteiger partial charge in [-0.2, -0.15) is 0 Å². The monoisotopic (exact) mass is 374 g/mol. The van der Waals surface area contributed by atoms with Crippen LogP contribution in [-0.4, -0.2) is 48.3 Å². The normalized spacial score (nSPS) is 19.3. The molecule has 0 spiro atoms. The molecule has 0 unspecified atom stereocenters. The molecule has 0 radical (unpaired) electrons. The van der Waals surface area contributed by atoms with Crippen LogP contribution in [0.25, 0.3) is 6.08 Å². The van der Waals surface area contributed by atoms with Crippen LogP contribution in [0.15, 0.2) is 29.2 Å². The number of ether oxygens (including phenoxy) is 1. The molecule has 0 atom stereocenters. The number of esters is 1. The third-order valence-corrected chi connectivity index (χ3v) is 5.29. The minimum absolute atomic E-state index is 0.217. The molecule has 2 aliphatic rings. The number of anilines is 1. The molecule has 2 heterocycles. The predicted molar refractivity (Wildman–Crippen MR) is 102 cm³/mol. The zero-order chi connectivity index (χ0) is 18.5. The van der Waals surface area contributed by atoms with Gasteiger partial charge >= 0.3 is 5.97 Å². The van der Waals surface area contributed by atoms with Crippen LogP contribution in [0.2, 0.25) is 0 Å². The van der Waals surface area contributed by atoms with E-state index in [-0.39, 0.29) is 13.2 Å². The van der Waals surface area contributed by atoms with Crippen molar-refractivity contribution >= 4 is 40.6 Å². The highest BCUT2D eigenvalue weighted by molar-refractivity contribution is 8.18. The topological polar surface area (TPSA) is 66.9 Å². The van der Waals surface area contributed by atoms with E-state index in [1.807, 2.05) is 24.3 Å². The summed E-state index contributed by atoms with van der Waals surface area (Å²) in [6, 6.07) is 7.98. The number of carbonyl (C=O) groups is 3. The van der Waals surface area contributed by atoms with E-state index >= 15 is 0 Å². The molecule has 0 bridgehead atoms. The molecular weight excluding hydrogens is 352 g/mol. The average molecular weight is 374 g/mol. The molecule has 26 heavy (non-hydrogen) atoms. The maximum atomic E-state index is 12.4. The smallest absolute Gasteiger partial charge is 0.326 e. The van der Waals surface area contributed by atoms with Crippen molar-refractivity contribution in [3.8, 4) is 0 Å². The SMILES string of the molecule is CCOC(=O)CN1C(=O)S/C(=C/c2ccc(N3CCCCC3)cc2)C1=O. The molecule has 2 fully saturated rings. The number of amides is 2. The van der Waals surface area contributed by atoms with Crippen LogP contribution in [-0.2, 0) is 14.3 Å². The summed E-state index contributed by atoms with van der Waals surface area (Å²) in [7, 11) is 0. The van der Waals surface area contributed by atoms with E-state index in [4.69, 9.17) is 4.74 Å². The summed E-state index contributed by atoms with van der Waals surface area (Å²) in [5, 5.41) is -0.445. The Morgan fingerprint density at radius 2 is 1.85 bits per heavy atom. The van der Waals surface area contributed by atoms with Crippen molar-refractivity contribution in [2.24, 2.45) is 0 Å². The van der Waals surface area contributed by atoms with Gasteiger partial charge < -0.3 is 9.64 Å². The highest BCUT2D eigenvalue weighted by atomic mass is 32.2. The summed E-state index contributed by atoms with van der Waals surface area (Å²) in [6.45, 7) is 3.70. The summed E-state index contributed by atoms with van der Waals surface area (Å²) in [4.78, 5) is 39.5. The molecule has 7 heteroatoms. The molecule has 2 saturated heterocycles. The Labute approximate surface area is 157 Å². The van der Waals surface area contributed by atoms with Gasteiger partial charge in [-0.1, -0.05) is 12.1 Å². The molecule has 6 nitrogen and oxygen atoms in total. The van der Waals surface area contributed by atoms with Crippen LogP contribution in [0, 0.1) is 0 Å². The Morgan fingerprint density at radius 1 is 1.15 bits per heavy atom. The zero-order valence-corrected chi connectivity index (χ0v) is 15.6. The van der Waals surface area contributed by atoms with Gasteiger partial charge in [-0.15, -0.1) is 0 Å². The Morgan fingerprint density at radius 3 is 2.50 bits per heavy atom. The van der Waals surface area contributed by atoms with Gasteiger partial charge in [-0.05, 0) is 61.7 Å². The number of hydrogen-bond donors (Lipinski definition) is 0. The quantitative estimate of drug-likeness (QED) is 0.582. The van der Waals surface area contributed by atoms with Crippen LogP contribution in [0.1, 0.15) is 31.7 Å². The van der Waals surface area contributed by atoms with E-state index in [0.29, 0.717) is 4.91 Å². The minimum Gasteiger partial charge on any atom is -0.465 e. The number of carbonyl (C=O) groups excluding carboxylic acids is 3. The van der Waals surface area contributed by atoms with Crippen LogP contribution in [0.5, 0.6) is 0 Å². The van der Waals surface area contributed by atoms with Crippen LogP contribution in [0.3, 0.4) is 0 Å². The first-order valence-electron chi connectivity index (χ1n) is 8.84. The van der Waals surface area contributed by atoms with Crippen molar-refractivity contribution in [2.75, 3.05) is 31.1 Å². The largest absolute Gasteiger partial charge is 0.465 e. The van der Waals surface area contributed by atoms with Gasteiger partial charge in [-0.25, -0.2) is 0 Å². The lowest BCUT2D eigenvalue weighted by Gasteiger charge is -2.28. The number of piperidine rings is 1. The fourth-order valence-electron chi connectivity index (χ4n) is 3.06. The predicted octanol–water partition coefficient (Wildman–Crippen LogP) is 3.28. The van der Waals surface area contributed by atoms with Crippen LogP contribution in [0.4, 0.5) is 10.5 Å². The Hall–Kier alpha value is -2.28. The lowest BCUT2D eigenvalue weighted by atomic mass is 10.1. The minimum atomic E-state index is -0.582. The van der Waals surface area contributed by atoms with Crippen molar-refractivity contribution in [1.29, 1.82) is 0 Å². The van der Waals surface area contributed by atoms with Crippen molar-refractivity contribution in [3.63, 3.8) is 0 Å². The fraction of sp³-hybridized carbons (Fsp3) is 0.421. The van der Waals surface area contributed by atoms with Crippen molar-refractivity contribution in [3.05, 3.63) is 34.7 Å². The summed E-state index contributed by atoms with van der Waals surface area (Å²) >= 11 is 0.849. The van der Waals surface area contributed by atoms with E-state index in [0.717, 1.165) is 35.3 Å². The standard InChI is InChI=1S/C19H22N2O4S/c1-2-25-17(22)13-21-18(23)16(26-19(21)24)12-14-6-8-15(9-7-14)20-10-4-3-5-11-20/h6-9,12H,2-5,10-11,13H2,1H3/b16-12+. The number of rotatable bonds is 5. The summed E-state index contributed by atoms with van der Waals surface area (Å²) in [5.74, 6) is -1.03. The van der Waals surface area contributed by atoms with Gasteiger partial charge in [0, 0.05) is 18.8 Å². The lowest BCUT2D eigenvalue weighted by molar-refractivity contribution is -0.145. The van der Waals surface area contributed by atoms with Crippen molar-refractivity contribution in [1.82, 2.24) is 4.90 Å². The fourth-order valence-corrected chi connectivity index (χ4v) is 3.90. The highest BCUT2D eigenvalue weighted by Gasteiger charge is 2.36. The molecule has 1 aromatic carbocycles. The molecule has 1 aromatic rings. The molecule has 0 N–H and O–H groups in total. The Kier molecular flexibility index (Phi) is 5.98. The third kappa shape index (κ3) is 4.27. The number of thioether (sulfide) groups is 1. The molecule has 138 valence electrons. The molecule has 0 aromatic heterocycles. The molecule has 2 aliphatic heterocycles.